The molecule has 1 atom stereocenters. The lowest BCUT2D eigenvalue weighted by molar-refractivity contribution is 1.01. The fraction of sp³-hybridized carbons (Fsp3) is 0.154. The van der Waals surface area contributed by atoms with Gasteiger partial charge in [-0.25, -0.2) is 0 Å². The van der Waals surface area contributed by atoms with Crippen LogP contribution >= 0.6 is 11.3 Å². The lowest BCUT2D eigenvalue weighted by Crippen LogP contribution is -2.07. The topological polar surface area (TPSA) is 35.8 Å². The smallest absolute Gasteiger partial charge is 0.149 e. The lowest BCUT2D eigenvalue weighted by Gasteiger charge is -2.12. The van der Waals surface area contributed by atoms with Gasteiger partial charge in [0.2, 0.25) is 0 Å². The minimum absolute atomic E-state index is 0.262. The number of hydrogen-bond donors (Lipinski definition) is 1. The number of nitriles is 1. The fourth-order valence-corrected chi connectivity index (χ4v) is 2.46. The molecule has 0 spiro atoms. The SMILES string of the molecule is Cc1ccsc1C(C#N)Nc1ccccc1. The molecule has 2 rings (SSSR count). The molecule has 1 unspecified atom stereocenters. The van der Waals surface area contributed by atoms with Crippen LogP contribution in [-0.2, 0) is 0 Å². The van der Waals surface area contributed by atoms with Crippen LogP contribution in [0.15, 0.2) is 41.8 Å². The molecular weight excluding hydrogens is 216 g/mol. The number of rotatable bonds is 3. The van der Waals surface area contributed by atoms with Crippen LogP contribution in [0.4, 0.5) is 5.69 Å². The summed E-state index contributed by atoms with van der Waals surface area (Å²) in [5.74, 6) is 0. The molecular formula is C13H12N2S. The van der Waals surface area contributed by atoms with Gasteiger partial charge in [-0.2, -0.15) is 5.26 Å². The van der Waals surface area contributed by atoms with Crippen molar-refractivity contribution in [3.05, 3.63) is 52.2 Å². The predicted octanol–water partition coefficient (Wildman–Crippen LogP) is 3.73. The van der Waals surface area contributed by atoms with Crippen molar-refractivity contribution < 1.29 is 0 Å². The van der Waals surface area contributed by atoms with E-state index in [1.807, 2.05) is 48.7 Å². The van der Waals surface area contributed by atoms with Crippen LogP contribution in [0.2, 0.25) is 0 Å². The second kappa shape index (κ2) is 4.82. The first-order chi connectivity index (χ1) is 7.81. The van der Waals surface area contributed by atoms with Gasteiger partial charge in [0, 0.05) is 10.6 Å². The van der Waals surface area contributed by atoms with Crippen LogP contribution in [0.5, 0.6) is 0 Å². The zero-order chi connectivity index (χ0) is 11.4. The Balaban J connectivity index is 2.20. The van der Waals surface area contributed by atoms with Gasteiger partial charge in [0.15, 0.2) is 0 Å². The van der Waals surface area contributed by atoms with Crippen LogP contribution in [0.1, 0.15) is 16.5 Å². The van der Waals surface area contributed by atoms with E-state index < -0.39 is 0 Å². The molecule has 16 heavy (non-hydrogen) atoms. The van der Waals surface area contributed by atoms with E-state index in [1.165, 1.54) is 5.56 Å². The van der Waals surface area contributed by atoms with Crippen molar-refractivity contribution in [1.82, 2.24) is 0 Å². The Kier molecular flexibility index (Phi) is 3.23. The summed E-state index contributed by atoms with van der Waals surface area (Å²) in [7, 11) is 0. The molecule has 1 aromatic carbocycles. The Hall–Kier alpha value is -1.79. The maximum absolute atomic E-state index is 9.18. The van der Waals surface area contributed by atoms with E-state index in [0.717, 1.165) is 10.6 Å². The van der Waals surface area contributed by atoms with Crippen LogP contribution < -0.4 is 5.32 Å². The van der Waals surface area contributed by atoms with Crippen molar-refractivity contribution >= 4 is 17.0 Å². The molecule has 0 aliphatic heterocycles. The highest BCUT2D eigenvalue weighted by Crippen LogP contribution is 2.26. The average Bonchev–Trinajstić information content (AvgIpc) is 2.74. The van der Waals surface area contributed by atoms with Crippen molar-refractivity contribution in [3.63, 3.8) is 0 Å². The number of benzene rings is 1. The molecule has 0 saturated heterocycles. The normalized spacial score (nSPS) is 11.8. The molecule has 2 nitrogen and oxygen atoms in total. The highest BCUT2D eigenvalue weighted by molar-refractivity contribution is 7.10. The minimum atomic E-state index is -0.262. The van der Waals surface area contributed by atoms with Gasteiger partial charge in [-0.1, -0.05) is 18.2 Å². The van der Waals surface area contributed by atoms with Gasteiger partial charge < -0.3 is 5.32 Å². The Morgan fingerprint density at radius 3 is 2.56 bits per heavy atom. The van der Waals surface area contributed by atoms with Crippen molar-refractivity contribution in [2.75, 3.05) is 5.32 Å². The summed E-state index contributed by atoms with van der Waals surface area (Å²) in [6.07, 6.45) is 0. The van der Waals surface area contributed by atoms with Crippen molar-refractivity contribution in [3.8, 4) is 6.07 Å². The van der Waals surface area contributed by atoms with Gasteiger partial charge in [-0.15, -0.1) is 11.3 Å². The molecule has 0 radical (unpaired) electrons. The molecule has 0 saturated carbocycles. The molecule has 0 aliphatic carbocycles. The van der Waals surface area contributed by atoms with Crippen LogP contribution in [-0.4, -0.2) is 0 Å². The lowest BCUT2D eigenvalue weighted by atomic mass is 10.2. The third kappa shape index (κ3) is 2.23. The molecule has 1 heterocycles. The van der Waals surface area contributed by atoms with E-state index in [2.05, 4.69) is 11.4 Å². The van der Waals surface area contributed by atoms with Crippen LogP contribution in [0.25, 0.3) is 0 Å². The van der Waals surface area contributed by atoms with Gasteiger partial charge in [-0.05, 0) is 36.1 Å². The number of anilines is 1. The molecule has 2 aromatic rings. The summed E-state index contributed by atoms with van der Waals surface area (Å²) in [5, 5.41) is 14.4. The van der Waals surface area contributed by atoms with E-state index in [1.54, 1.807) is 11.3 Å². The molecule has 0 fully saturated rings. The Bertz CT molecular complexity index is 496. The van der Waals surface area contributed by atoms with E-state index in [0.29, 0.717) is 0 Å². The van der Waals surface area contributed by atoms with E-state index in [9.17, 15) is 5.26 Å². The monoisotopic (exact) mass is 228 g/mol. The first-order valence-corrected chi connectivity index (χ1v) is 5.94. The summed E-state index contributed by atoms with van der Waals surface area (Å²) in [5.41, 5.74) is 2.14. The standard InChI is InChI=1S/C13H12N2S/c1-10-7-8-16-13(10)12(9-14)15-11-5-3-2-4-6-11/h2-8,12,15H,1H3. The minimum Gasteiger partial charge on any atom is -0.366 e. The Morgan fingerprint density at radius 2 is 2.00 bits per heavy atom. The number of hydrogen-bond acceptors (Lipinski definition) is 3. The first-order valence-electron chi connectivity index (χ1n) is 5.06. The predicted molar refractivity (Wildman–Crippen MR) is 67.5 cm³/mol. The van der Waals surface area contributed by atoms with Crippen molar-refractivity contribution in [2.45, 2.75) is 13.0 Å². The molecule has 1 aromatic heterocycles. The highest BCUT2D eigenvalue weighted by atomic mass is 32.1. The number of nitrogens with zero attached hydrogens (tertiary/aromatic N) is 1. The average molecular weight is 228 g/mol. The molecule has 3 heteroatoms. The quantitative estimate of drug-likeness (QED) is 0.868. The van der Waals surface area contributed by atoms with Crippen molar-refractivity contribution in [2.24, 2.45) is 0 Å². The summed E-state index contributed by atoms with van der Waals surface area (Å²) < 4.78 is 0. The first kappa shape index (κ1) is 10.7. The van der Waals surface area contributed by atoms with Gasteiger partial charge in [-0.3, -0.25) is 0 Å². The van der Waals surface area contributed by atoms with Gasteiger partial charge >= 0.3 is 0 Å². The van der Waals surface area contributed by atoms with Gasteiger partial charge in [0.1, 0.15) is 6.04 Å². The molecule has 0 amide bonds. The molecule has 80 valence electrons. The Morgan fingerprint density at radius 1 is 1.25 bits per heavy atom. The maximum atomic E-state index is 9.18. The molecule has 1 N–H and O–H groups in total. The number of thiophene rings is 1. The Labute approximate surface area is 99.2 Å². The van der Waals surface area contributed by atoms with Crippen LogP contribution in [0, 0.1) is 18.3 Å². The summed E-state index contributed by atoms with van der Waals surface area (Å²) in [6, 6.07) is 13.9. The number of aryl methyl sites for hydroxylation is 1. The van der Waals surface area contributed by atoms with Gasteiger partial charge in [0.05, 0.1) is 6.07 Å². The number of para-hydroxylation sites is 1. The fourth-order valence-electron chi connectivity index (χ4n) is 1.54. The van der Waals surface area contributed by atoms with E-state index in [-0.39, 0.29) is 6.04 Å². The summed E-state index contributed by atoms with van der Waals surface area (Å²) >= 11 is 1.62. The second-order valence-corrected chi connectivity index (χ2v) is 4.49. The zero-order valence-electron chi connectivity index (χ0n) is 8.97. The zero-order valence-corrected chi connectivity index (χ0v) is 9.79. The highest BCUT2D eigenvalue weighted by Gasteiger charge is 2.13. The van der Waals surface area contributed by atoms with E-state index in [4.69, 9.17) is 0 Å². The van der Waals surface area contributed by atoms with Gasteiger partial charge in [0.25, 0.3) is 0 Å². The third-order valence-corrected chi connectivity index (χ3v) is 3.46. The second-order valence-electron chi connectivity index (χ2n) is 3.54. The van der Waals surface area contributed by atoms with Crippen molar-refractivity contribution in [1.29, 1.82) is 5.26 Å². The largest absolute Gasteiger partial charge is 0.366 e. The van der Waals surface area contributed by atoms with E-state index >= 15 is 0 Å². The number of nitrogens with one attached hydrogen (secondary N) is 1. The molecule has 0 aliphatic rings. The molecule has 0 bridgehead atoms. The maximum Gasteiger partial charge on any atom is 0.149 e. The summed E-state index contributed by atoms with van der Waals surface area (Å²) in [4.78, 5) is 1.09. The van der Waals surface area contributed by atoms with Crippen LogP contribution in [0.3, 0.4) is 0 Å². The summed E-state index contributed by atoms with van der Waals surface area (Å²) in [6.45, 7) is 2.03. The third-order valence-electron chi connectivity index (χ3n) is 2.38.